The van der Waals surface area contributed by atoms with Crippen LogP contribution in [0.4, 0.5) is 0 Å². The lowest BCUT2D eigenvalue weighted by Gasteiger charge is -2.33. The van der Waals surface area contributed by atoms with E-state index in [1.54, 1.807) is 18.2 Å². The minimum Gasteiger partial charge on any atom is -0.381 e. The maximum atomic E-state index is 11.3. The summed E-state index contributed by atoms with van der Waals surface area (Å²) in [5, 5.41) is 25.6. The SMILES string of the molecule is N#CC1(C(O)(Cn2cncn2)c2ccc(Cl)cc2Cl)CC1. The van der Waals surface area contributed by atoms with Crippen LogP contribution in [0.25, 0.3) is 0 Å². The fraction of sp³-hybridized carbons (Fsp3) is 0.357. The molecular weight excluding hydrogens is 311 g/mol. The number of benzene rings is 1. The Bertz CT molecular complexity index is 706. The Kier molecular flexibility index (Phi) is 3.40. The molecule has 1 aliphatic rings. The molecule has 21 heavy (non-hydrogen) atoms. The van der Waals surface area contributed by atoms with Gasteiger partial charge < -0.3 is 5.11 Å². The van der Waals surface area contributed by atoms with Gasteiger partial charge in [0.2, 0.25) is 0 Å². The normalized spacial score (nSPS) is 18.8. The molecule has 0 radical (unpaired) electrons. The van der Waals surface area contributed by atoms with Crippen molar-refractivity contribution in [3.8, 4) is 6.07 Å². The summed E-state index contributed by atoms with van der Waals surface area (Å²) in [6.45, 7) is 0.113. The van der Waals surface area contributed by atoms with Crippen LogP contribution in [0, 0.1) is 16.7 Å². The van der Waals surface area contributed by atoms with Gasteiger partial charge in [-0.15, -0.1) is 0 Å². The zero-order chi connectivity index (χ0) is 15.1. The fourth-order valence-corrected chi connectivity index (χ4v) is 3.18. The lowest BCUT2D eigenvalue weighted by molar-refractivity contribution is -0.0343. The van der Waals surface area contributed by atoms with Crippen LogP contribution in [0.5, 0.6) is 0 Å². The quantitative estimate of drug-likeness (QED) is 0.939. The van der Waals surface area contributed by atoms with Crippen molar-refractivity contribution in [2.45, 2.75) is 25.0 Å². The highest BCUT2D eigenvalue weighted by atomic mass is 35.5. The predicted molar refractivity (Wildman–Crippen MR) is 77.7 cm³/mol. The van der Waals surface area contributed by atoms with E-state index in [0.29, 0.717) is 28.5 Å². The van der Waals surface area contributed by atoms with Crippen LogP contribution in [-0.2, 0) is 12.1 Å². The molecule has 2 aromatic rings. The molecule has 0 aliphatic heterocycles. The van der Waals surface area contributed by atoms with Gasteiger partial charge in [0.05, 0.1) is 18.0 Å². The molecule has 0 spiro atoms. The molecule has 7 heteroatoms. The van der Waals surface area contributed by atoms with E-state index in [4.69, 9.17) is 23.2 Å². The molecule has 1 saturated carbocycles. The number of rotatable bonds is 4. The number of hydrogen-bond donors (Lipinski definition) is 1. The Morgan fingerprint density at radius 3 is 2.71 bits per heavy atom. The average Bonchev–Trinajstić information content (AvgIpc) is 3.11. The van der Waals surface area contributed by atoms with Crippen molar-refractivity contribution in [2.75, 3.05) is 0 Å². The fourth-order valence-electron chi connectivity index (χ4n) is 2.61. The number of aliphatic hydroxyl groups is 1. The van der Waals surface area contributed by atoms with E-state index in [9.17, 15) is 10.4 Å². The molecule has 0 amide bonds. The highest BCUT2D eigenvalue weighted by Gasteiger charge is 2.61. The molecule has 0 bridgehead atoms. The Balaban J connectivity index is 2.10. The van der Waals surface area contributed by atoms with Gasteiger partial charge in [-0.25, -0.2) is 9.67 Å². The minimum absolute atomic E-state index is 0.113. The number of nitriles is 1. The standard InChI is InChI=1S/C14H12Cl2N4O/c15-10-1-2-11(12(16)5-10)14(21,13(6-17)3-4-13)7-20-9-18-8-19-20/h1-2,5,8-9,21H,3-4,7H2. The zero-order valence-corrected chi connectivity index (χ0v) is 12.5. The molecule has 1 heterocycles. The summed E-state index contributed by atoms with van der Waals surface area (Å²) in [6.07, 6.45) is 4.12. The molecule has 1 atom stereocenters. The summed E-state index contributed by atoms with van der Waals surface area (Å²) in [7, 11) is 0. The van der Waals surface area contributed by atoms with Crippen molar-refractivity contribution >= 4 is 23.2 Å². The first-order valence-corrected chi connectivity index (χ1v) is 7.18. The summed E-state index contributed by atoms with van der Waals surface area (Å²) in [4.78, 5) is 3.87. The first-order chi connectivity index (χ1) is 10.0. The Morgan fingerprint density at radius 1 is 1.43 bits per heavy atom. The second-order valence-corrected chi connectivity index (χ2v) is 6.12. The van der Waals surface area contributed by atoms with Gasteiger partial charge in [0.15, 0.2) is 0 Å². The molecule has 1 unspecified atom stereocenters. The maximum Gasteiger partial charge on any atom is 0.137 e. The molecule has 5 nitrogen and oxygen atoms in total. The smallest absolute Gasteiger partial charge is 0.137 e. The van der Waals surface area contributed by atoms with Crippen molar-refractivity contribution in [3.05, 3.63) is 46.5 Å². The summed E-state index contributed by atoms with van der Waals surface area (Å²) in [5.74, 6) is 0. The van der Waals surface area contributed by atoms with E-state index in [1.165, 1.54) is 17.3 Å². The van der Waals surface area contributed by atoms with Gasteiger partial charge in [-0.1, -0.05) is 29.3 Å². The van der Waals surface area contributed by atoms with Gasteiger partial charge in [-0.2, -0.15) is 10.4 Å². The van der Waals surface area contributed by atoms with Crippen molar-refractivity contribution in [1.82, 2.24) is 14.8 Å². The lowest BCUT2D eigenvalue weighted by atomic mass is 9.79. The third kappa shape index (κ3) is 2.30. The summed E-state index contributed by atoms with van der Waals surface area (Å²) < 4.78 is 1.50. The molecule has 108 valence electrons. The molecule has 3 rings (SSSR count). The maximum absolute atomic E-state index is 11.3. The van der Waals surface area contributed by atoms with E-state index in [1.807, 2.05) is 0 Å². The van der Waals surface area contributed by atoms with E-state index in [-0.39, 0.29) is 6.54 Å². The van der Waals surface area contributed by atoms with Crippen LogP contribution in [0.15, 0.2) is 30.9 Å². The van der Waals surface area contributed by atoms with E-state index in [0.717, 1.165) is 0 Å². The van der Waals surface area contributed by atoms with Crippen molar-refractivity contribution in [1.29, 1.82) is 5.26 Å². The van der Waals surface area contributed by atoms with Crippen molar-refractivity contribution in [2.24, 2.45) is 5.41 Å². The van der Waals surface area contributed by atoms with Crippen molar-refractivity contribution in [3.63, 3.8) is 0 Å². The first-order valence-electron chi connectivity index (χ1n) is 6.42. The molecule has 1 aromatic heterocycles. The van der Waals surface area contributed by atoms with Crippen LogP contribution < -0.4 is 0 Å². The molecule has 1 fully saturated rings. The van der Waals surface area contributed by atoms with Gasteiger partial charge in [0.1, 0.15) is 18.3 Å². The second-order valence-electron chi connectivity index (χ2n) is 5.27. The van der Waals surface area contributed by atoms with Crippen LogP contribution in [-0.4, -0.2) is 19.9 Å². The van der Waals surface area contributed by atoms with Gasteiger partial charge in [-0.3, -0.25) is 0 Å². The monoisotopic (exact) mass is 322 g/mol. The molecule has 1 N–H and O–H groups in total. The number of nitrogens with zero attached hydrogens (tertiary/aromatic N) is 4. The van der Waals surface area contributed by atoms with Gasteiger partial charge in [0.25, 0.3) is 0 Å². The van der Waals surface area contributed by atoms with E-state index < -0.39 is 11.0 Å². The average molecular weight is 323 g/mol. The number of halogens is 2. The highest BCUT2D eigenvalue weighted by Crippen LogP contribution is 2.59. The van der Waals surface area contributed by atoms with Crippen LogP contribution in [0.2, 0.25) is 10.0 Å². The van der Waals surface area contributed by atoms with Crippen molar-refractivity contribution < 1.29 is 5.11 Å². The highest BCUT2D eigenvalue weighted by molar-refractivity contribution is 6.35. The van der Waals surface area contributed by atoms with Crippen LogP contribution in [0.1, 0.15) is 18.4 Å². The summed E-state index contributed by atoms with van der Waals surface area (Å²) >= 11 is 12.2. The zero-order valence-electron chi connectivity index (χ0n) is 11.0. The van der Waals surface area contributed by atoms with Crippen LogP contribution in [0.3, 0.4) is 0 Å². The minimum atomic E-state index is -1.43. The largest absolute Gasteiger partial charge is 0.381 e. The first kappa shape index (κ1) is 14.3. The third-order valence-electron chi connectivity index (χ3n) is 3.99. The number of hydrogen-bond acceptors (Lipinski definition) is 4. The summed E-state index contributed by atoms with van der Waals surface area (Å²) in [6, 6.07) is 7.13. The topological polar surface area (TPSA) is 74.7 Å². The Morgan fingerprint density at radius 2 is 2.19 bits per heavy atom. The number of aromatic nitrogens is 3. The van der Waals surface area contributed by atoms with E-state index in [2.05, 4.69) is 16.2 Å². The lowest BCUT2D eigenvalue weighted by Crippen LogP contribution is -2.41. The molecular formula is C14H12Cl2N4O. The predicted octanol–water partition coefficient (Wildman–Crippen LogP) is 2.78. The van der Waals surface area contributed by atoms with Gasteiger partial charge >= 0.3 is 0 Å². The Hall–Kier alpha value is -1.61. The Labute approximate surface area is 131 Å². The molecule has 1 aromatic carbocycles. The van der Waals surface area contributed by atoms with Gasteiger partial charge in [-0.05, 0) is 25.0 Å². The van der Waals surface area contributed by atoms with E-state index >= 15 is 0 Å². The second kappa shape index (κ2) is 4.99. The van der Waals surface area contributed by atoms with Gasteiger partial charge in [0, 0.05) is 15.6 Å². The summed E-state index contributed by atoms with van der Waals surface area (Å²) in [5.41, 5.74) is -1.80. The molecule has 1 aliphatic carbocycles. The third-order valence-corrected chi connectivity index (χ3v) is 4.54. The molecule has 0 saturated heterocycles. The van der Waals surface area contributed by atoms with Crippen LogP contribution >= 0.6 is 23.2 Å².